The van der Waals surface area contributed by atoms with E-state index in [1.807, 2.05) is 6.07 Å². The highest BCUT2D eigenvalue weighted by atomic mass is 19.4. The Hall–Kier alpha value is -1.31. The lowest BCUT2D eigenvalue weighted by Gasteiger charge is -2.44. The van der Waals surface area contributed by atoms with Gasteiger partial charge >= 0.3 is 6.36 Å². The van der Waals surface area contributed by atoms with E-state index in [1.165, 1.54) is 44.5 Å². The third-order valence-corrected chi connectivity index (χ3v) is 7.77. The Balaban J connectivity index is 1.47. The molecule has 1 atom stereocenters. The average Bonchev–Trinajstić information content (AvgIpc) is 2.78. The topological polar surface area (TPSA) is 35.9 Å². The minimum atomic E-state index is -4.72. The number of ether oxygens (including phenoxy) is 1. The number of benzene rings is 1. The van der Waals surface area contributed by atoms with Crippen LogP contribution >= 0.6 is 0 Å². The zero-order valence-electron chi connectivity index (χ0n) is 19.0. The van der Waals surface area contributed by atoms with Gasteiger partial charge in [-0.2, -0.15) is 0 Å². The summed E-state index contributed by atoms with van der Waals surface area (Å²) in [5.41, 5.74) is -0.131. The van der Waals surface area contributed by atoms with Crippen LogP contribution in [0.3, 0.4) is 0 Å². The van der Waals surface area contributed by atoms with Gasteiger partial charge in [0, 0.05) is 18.5 Å². The summed E-state index contributed by atoms with van der Waals surface area (Å²) in [5, 5.41) is 11.6. The van der Waals surface area contributed by atoms with Gasteiger partial charge < -0.3 is 19.6 Å². The molecule has 3 fully saturated rings. The van der Waals surface area contributed by atoms with Crippen LogP contribution in [0.5, 0.6) is 5.75 Å². The molecule has 1 aliphatic carbocycles. The molecule has 3 aliphatic rings. The van der Waals surface area contributed by atoms with Crippen molar-refractivity contribution in [1.29, 1.82) is 0 Å². The van der Waals surface area contributed by atoms with Crippen LogP contribution in [-0.4, -0.2) is 65.6 Å². The third kappa shape index (κ3) is 6.17. The van der Waals surface area contributed by atoms with Crippen LogP contribution in [0, 0.1) is 0 Å². The van der Waals surface area contributed by atoms with E-state index in [2.05, 4.69) is 14.5 Å². The number of hydrogen-bond acceptors (Lipinski definition) is 4. The van der Waals surface area contributed by atoms with Gasteiger partial charge in [0.2, 0.25) is 0 Å². The van der Waals surface area contributed by atoms with Crippen LogP contribution < -0.4 is 4.74 Å². The van der Waals surface area contributed by atoms with Gasteiger partial charge in [-0.15, -0.1) is 13.2 Å². The van der Waals surface area contributed by atoms with Gasteiger partial charge in [-0.25, -0.2) is 0 Å². The first kappa shape index (κ1) is 23.8. The van der Waals surface area contributed by atoms with Crippen molar-refractivity contribution in [3.63, 3.8) is 0 Å². The van der Waals surface area contributed by atoms with E-state index in [9.17, 15) is 18.3 Å². The molecule has 0 aromatic heterocycles. The minimum absolute atomic E-state index is 0.205. The Labute approximate surface area is 189 Å². The molecule has 4 rings (SSSR count). The second-order valence-electron chi connectivity index (χ2n) is 9.97. The Morgan fingerprint density at radius 2 is 1.62 bits per heavy atom. The Kier molecular flexibility index (Phi) is 7.68. The number of likely N-dealkylation sites (tertiary alicyclic amines) is 2. The first-order valence-corrected chi connectivity index (χ1v) is 12.4. The molecule has 4 nitrogen and oxygen atoms in total. The summed E-state index contributed by atoms with van der Waals surface area (Å²) in [4.78, 5) is 5.06. The number of hydrogen-bond donors (Lipinski definition) is 1. The predicted molar refractivity (Wildman–Crippen MR) is 119 cm³/mol. The first-order valence-electron chi connectivity index (χ1n) is 12.4. The molecule has 1 saturated carbocycles. The van der Waals surface area contributed by atoms with Crippen molar-refractivity contribution in [1.82, 2.24) is 9.80 Å². The lowest BCUT2D eigenvalue weighted by Crippen LogP contribution is -2.50. The van der Waals surface area contributed by atoms with Crippen LogP contribution in [0.1, 0.15) is 75.7 Å². The summed E-state index contributed by atoms with van der Waals surface area (Å²) in [6.45, 7) is 5.05. The molecule has 0 amide bonds. The molecular formula is C25H37F3N2O2. The molecule has 0 bridgehead atoms. The molecule has 32 heavy (non-hydrogen) atoms. The standard InChI is InChI=1S/C25H37F3N2O2/c26-25(27,28)32-22-9-7-8-20(18-22)23(24(31)12-3-1-4-13-24)19-29-16-10-21(11-17-29)30-14-5-2-6-15-30/h7-9,18,21,23,31H,1-6,10-17,19H2. The first-order chi connectivity index (χ1) is 15.3. The monoisotopic (exact) mass is 454 g/mol. The molecule has 0 spiro atoms. The van der Waals surface area contributed by atoms with Crippen LogP contribution in [0.2, 0.25) is 0 Å². The van der Waals surface area contributed by atoms with Crippen LogP contribution in [0.4, 0.5) is 13.2 Å². The highest BCUT2D eigenvalue weighted by Crippen LogP contribution is 2.42. The number of rotatable bonds is 6. The highest BCUT2D eigenvalue weighted by molar-refractivity contribution is 5.33. The molecule has 1 N–H and O–H groups in total. The van der Waals surface area contributed by atoms with Crippen molar-refractivity contribution in [2.45, 2.75) is 88.1 Å². The molecule has 2 aliphatic heterocycles. The van der Waals surface area contributed by atoms with Gasteiger partial charge in [-0.1, -0.05) is 37.8 Å². The van der Waals surface area contributed by atoms with E-state index in [0.717, 1.165) is 50.8 Å². The molecular weight excluding hydrogens is 417 g/mol. The molecule has 2 heterocycles. The fourth-order valence-corrected chi connectivity index (χ4v) is 6.04. The zero-order chi connectivity index (χ0) is 22.6. The number of nitrogens with zero attached hydrogens (tertiary/aromatic N) is 2. The fourth-order valence-electron chi connectivity index (χ4n) is 6.04. The predicted octanol–water partition coefficient (Wildman–Crippen LogP) is 5.31. The maximum Gasteiger partial charge on any atom is 0.573 e. The van der Waals surface area contributed by atoms with Crippen molar-refractivity contribution in [2.75, 3.05) is 32.7 Å². The van der Waals surface area contributed by atoms with Gasteiger partial charge in [-0.05, 0) is 82.4 Å². The SMILES string of the molecule is OC1(C(CN2CCC(N3CCCCC3)CC2)c2cccc(OC(F)(F)F)c2)CCCCC1. The van der Waals surface area contributed by atoms with Crippen LogP contribution in [-0.2, 0) is 0 Å². The summed E-state index contributed by atoms with van der Waals surface area (Å²) in [5.74, 6) is -0.422. The summed E-state index contributed by atoms with van der Waals surface area (Å²) in [6.07, 6.45) is 5.90. The third-order valence-electron chi connectivity index (χ3n) is 7.77. The molecule has 180 valence electrons. The smallest absolute Gasteiger partial charge is 0.406 e. The zero-order valence-corrected chi connectivity index (χ0v) is 19.0. The minimum Gasteiger partial charge on any atom is -0.406 e. The largest absolute Gasteiger partial charge is 0.573 e. The van der Waals surface area contributed by atoms with E-state index in [0.29, 0.717) is 25.4 Å². The van der Waals surface area contributed by atoms with Gasteiger partial charge in [-0.3, -0.25) is 0 Å². The number of aliphatic hydroxyl groups is 1. The maximum atomic E-state index is 12.8. The second kappa shape index (κ2) is 10.3. The van der Waals surface area contributed by atoms with Crippen molar-refractivity contribution >= 4 is 0 Å². The van der Waals surface area contributed by atoms with Crippen molar-refractivity contribution in [3.8, 4) is 5.75 Å². The highest BCUT2D eigenvalue weighted by Gasteiger charge is 2.41. The van der Waals surface area contributed by atoms with Gasteiger partial charge in [0.1, 0.15) is 5.75 Å². The van der Waals surface area contributed by atoms with Crippen LogP contribution in [0.15, 0.2) is 24.3 Å². The summed E-state index contributed by atoms with van der Waals surface area (Å²) in [6, 6.07) is 6.92. The number of piperidine rings is 2. The Morgan fingerprint density at radius 1 is 0.969 bits per heavy atom. The Morgan fingerprint density at radius 3 is 2.28 bits per heavy atom. The Bertz CT molecular complexity index is 722. The molecule has 1 aromatic rings. The molecule has 0 radical (unpaired) electrons. The van der Waals surface area contributed by atoms with Crippen molar-refractivity contribution in [2.24, 2.45) is 0 Å². The quantitative estimate of drug-likeness (QED) is 0.632. The summed E-state index contributed by atoms with van der Waals surface area (Å²) < 4.78 is 42.5. The van der Waals surface area contributed by atoms with Gasteiger partial charge in [0.25, 0.3) is 0 Å². The van der Waals surface area contributed by atoms with E-state index in [4.69, 9.17) is 0 Å². The van der Waals surface area contributed by atoms with E-state index < -0.39 is 12.0 Å². The van der Waals surface area contributed by atoms with E-state index in [1.54, 1.807) is 6.07 Å². The number of alkyl halides is 3. The summed E-state index contributed by atoms with van der Waals surface area (Å²) in [7, 11) is 0. The molecule has 7 heteroatoms. The lowest BCUT2D eigenvalue weighted by molar-refractivity contribution is -0.274. The van der Waals surface area contributed by atoms with E-state index >= 15 is 0 Å². The normalized spacial score (nSPS) is 24.9. The van der Waals surface area contributed by atoms with Crippen LogP contribution in [0.25, 0.3) is 0 Å². The fraction of sp³-hybridized carbons (Fsp3) is 0.760. The van der Waals surface area contributed by atoms with Gasteiger partial charge in [0.15, 0.2) is 0 Å². The van der Waals surface area contributed by atoms with Gasteiger partial charge in [0.05, 0.1) is 5.60 Å². The van der Waals surface area contributed by atoms with Crippen molar-refractivity contribution < 1.29 is 23.0 Å². The van der Waals surface area contributed by atoms with Crippen molar-refractivity contribution in [3.05, 3.63) is 29.8 Å². The summed E-state index contributed by atoms with van der Waals surface area (Å²) >= 11 is 0. The lowest BCUT2D eigenvalue weighted by atomic mass is 9.72. The number of halogens is 3. The average molecular weight is 455 g/mol. The second-order valence-corrected chi connectivity index (χ2v) is 9.97. The molecule has 1 unspecified atom stereocenters. The molecule has 1 aromatic carbocycles. The maximum absolute atomic E-state index is 12.8. The molecule has 2 saturated heterocycles. The van der Waals surface area contributed by atoms with E-state index in [-0.39, 0.29) is 11.7 Å².